The van der Waals surface area contributed by atoms with E-state index in [9.17, 15) is 4.39 Å². The van der Waals surface area contributed by atoms with Gasteiger partial charge >= 0.3 is 0 Å². The van der Waals surface area contributed by atoms with Crippen molar-refractivity contribution in [2.24, 2.45) is 5.84 Å². The maximum Gasteiger partial charge on any atom is 0.239 e. The smallest absolute Gasteiger partial charge is 0.239 e. The number of anilines is 2. The van der Waals surface area contributed by atoms with E-state index in [0.717, 1.165) is 15.5 Å². The fourth-order valence-electron chi connectivity index (χ4n) is 1.18. The van der Waals surface area contributed by atoms with Crippen LogP contribution in [0.3, 0.4) is 0 Å². The van der Waals surface area contributed by atoms with E-state index < -0.39 is 5.82 Å². The molecule has 2 rings (SSSR count). The molecular weight excluding hydrogens is 309 g/mol. The van der Waals surface area contributed by atoms with E-state index in [0.29, 0.717) is 6.54 Å². The van der Waals surface area contributed by atoms with Gasteiger partial charge in [-0.3, -0.25) is 5.43 Å². The van der Waals surface area contributed by atoms with Crippen molar-refractivity contribution in [3.8, 4) is 0 Å². The van der Waals surface area contributed by atoms with E-state index in [-0.39, 0.29) is 11.8 Å². The molecule has 0 spiro atoms. The zero-order valence-corrected chi connectivity index (χ0v) is 11.0. The fourth-order valence-corrected chi connectivity index (χ4v) is 2.61. The largest absolute Gasteiger partial charge is 0.363 e. The van der Waals surface area contributed by atoms with Gasteiger partial charge in [0.2, 0.25) is 5.95 Å². The number of hydrogen-bond acceptors (Lipinski definition) is 6. The summed E-state index contributed by atoms with van der Waals surface area (Å²) < 4.78 is 14.4. The number of aromatic nitrogens is 2. The number of halogens is 2. The molecule has 0 atom stereocenters. The molecule has 0 aliphatic heterocycles. The molecule has 0 aromatic carbocycles. The first-order valence-electron chi connectivity index (χ1n) is 4.65. The zero-order valence-electron chi connectivity index (χ0n) is 8.58. The molecule has 5 nitrogen and oxygen atoms in total. The highest BCUT2D eigenvalue weighted by Gasteiger charge is 2.07. The van der Waals surface area contributed by atoms with Crippen LogP contribution in [0.5, 0.6) is 0 Å². The van der Waals surface area contributed by atoms with Crippen LogP contribution in [0.25, 0.3) is 0 Å². The molecule has 0 saturated carbocycles. The molecule has 8 heteroatoms. The molecule has 0 aliphatic carbocycles. The Morgan fingerprint density at radius 1 is 1.53 bits per heavy atom. The number of hydrazine groups is 1. The number of nitrogens with one attached hydrogen (secondary N) is 2. The Bertz CT molecular complexity index is 518. The average Bonchev–Trinajstić information content (AvgIpc) is 2.74. The van der Waals surface area contributed by atoms with Crippen LogP contribution in [0.1, 0.15) is 4.88 Å². The molecular formula is C9H9BrFN5S. The Morgan fingerprint density at radius 3 is 3.00 bits per heavy atom. The third-order valence-electron chi connectivity index (χ3n) is 1.98. The van der Waals surface area contributed by atoms with E-state index in [2.05, 4.69) is 36.6 Å². The molecule has 4 N–H and O–H groups in total. The van der Waals surface area contributed by atoms with Crippen LogP contribution in [-0.2, 0) is 6.54 Å². The van der Waals surface area contributed by atoms with Crippen LogP contribution < -0.4 is 16.6 Å². The van der Waals surface area contributed by atoms with Crippen molar-refractivity contribution < 1.29 is 4.39 Å². The van der Waals surface area contributed by atoms with Gasteiger partial charge in [0.15, 0.2) is 11.6 Å². The number of thiophene rings is 1. The number of hydrogen-bond donors (Lipinski definition) is 3. The van der Waals surface area contributed by atoms with E-state index in [1.807, 2.05) is 11.4 Å². The lowest BCUT2D eigenvalue weighted by molar-refractivity contribution is 0.617. The van der Waals surface area contributed by atoms with Crippen molar-refractivity contribution in [1.82, 2.24) is 9.97 Å². The topological polar surface area (TPSA) is 75.9 Å². The lowest BCUT2D eigenvalue weighted by Gasteiger charge is -2.06. The molecule has 0 bridgehead atoms. The highest BCUT2D eigenvalue weighted by Crippen LogP contribution is 2.23. The van der Waals surface area contributed by atoms with E-state index in [4.69, 9.17) is 5.84 Å². The maximum absolute atomic E-state index is 13.4. The predicted molar refractivity (Wildman–Crippen MR) is 69.1 cm³/mol. The minimum absolute atomic E-state index is 0.119. The summed E-state index contributed by atoms with van der Waals surface area (Å²) in [6.07, 6.45) is 1.06. The van der Waals surface area contributed by atoms with Gasteiger partial charge in [-0.1, -0.05) is 0 Å². The van der Waals surface area contributed by atoms with Crippen LogP contribution in [0.2, 0.25) is 0 Å². The van der Waals surface area contributed by atoms with Crippen molar-refractivity contribution in [2.75, 3.05) is 10.7 Å². The van der Waals surface area contributed by atoms with Gasteiger partial charge in [0.05, 0.1) is 12.7 Å². The average molecular weight is 318 g/mol. The molecule has 2 heterocycles. The minimum atomic E-state index is -0.517. The number of nitrogen functional groups attached to an aromatic ring is 1. The second-order valence-electron chi connectivity index (χ2n) is 3.08. The minimum Gasteiger partial charge on any atom is -0.363 e. The number of nitrogens with zero attached hydrogens (tertiary/aromatic N) is 2. The van der Waals surface area contributed by atoms with Gasteiger partial charge in [0.25, 0.3) is 0 Å². The van der Waals surface area contributed by atoms with Gasteiger partial charge in [-0.05, 0) is 27.4 Å². The van der Waals surface area contributed by atoms with Gasteiger partial charge in [0, 0.05) is 9.35 Å². The molecule has 17 heavy (non-hydrogen) atoms. The third-order valence-corrected chi connectivity index (χ3v) is 3.91. The Kier molecular flexibility index (Phi) is 3.87. The van der Waals surface area contributed by atoms with Gasteiger partial charge < -0.3 is 5.32 Å². The molecule has 90 valence electrons. The molecule has 0 unspecified atom stereocenters. The Balaban J connectivity index is 2.11. The molecule has 0 saturated heterocycles. The van der Waals surface area contributed by atoms with Crippen molar-refractivity contribution >= 4 is 39.0 Å². The van der Waals surface area contributed by atoms with Crippen LogP contribution >= 0.6 is 27.3 Å². The SMILES string of the molecule is NNc1ncc(F)c(NCc2sccc2Br)n1. The van der Waals surface area contributed by atoms with Crippen molar-refractivity contribution in [3.05, 3.63) is 32.8 Å². The van der Waals surface area contributed by atoms with Gasteiger partial charge in [0.1, 0.15) is 0 Å². The predicted octanol–water partition coefficient (Wildman–Crippen LogP) is 2.34. The summed E-state index contributed by atoms with van der Waals surface area (Å²) in [4.78, 5) is 8.59. The van der Waals surface area contributed by atoms with Crippen LogP contribution in [-0.4, -0.2) is 9.97 Å². The van der Waals surface area contributed by atoms with Crippen molar-refractivity contribution in [2.45, 2.75) is 6.54 Å². The van der Waals surface area contributed by atoms with Crippen LogP contribution in [0, 0.1) is 5.82 Å². The van der Waals surface area contributed by atoms with Gasteiger partial charge in [-0.25, -0.2) is 15.2 Å². The van der Waals surface area contributed by atoms with Crippen molar-refractivity contribution in [1.29, 1.82) is 0 Å². The summed E-state index contributed by atoms with van der Waals surface area (Å²) in [5, 5.41) is 4.84. The lowest BCUT2D eigenvalue weighted by atomic mass is 10.4. The normalized spacial score (nSPS) is 10.3. The highest BCUT2D eigenvalue weighted by molar-refractivity contribution is 9.10. The Hall–Kier alpha value is -1.25. The molecule has 0 aliphatic rings. The first kappa shape index (κ1) is 12.2. The third kappa shape index (κ3) is 2.90. The Labute approximate surface area is 109 Å². The number of rotatable bonds is 4. The zero-order chi connectivity index (χ0) is 12.3. The standard InChI is InChI=1S/C9H9BrFN5S/c10-5-1-2-17-7(5)4-13-8-6(11)3-14-9(15-8)16-12/h1-3H,4,12H2,(H2,13,14,15,16). The van der Waals surface area contributed by atoms with E-state index >= 15 is 0 Å². The summed E-state index contributed by atoms with van der Waals surface area (Å²) in [7, 11) is 0. The molecule has 0 amide bonds. The molecule has 2 aromatic rings. The van der Waals surface area contributed by atoms with Gasteiger partial charge in [-0.2, -0.15) is 4.98 Å². The van der Waals surface area contributed by atoms with Crippen LogP contribution in [0.15, 0.2) is 22.1 Å². The first-order valence-corrected chi connectivity index (χ1v) is 6.33. The summed E-state index contributed by atoms with van der Waals surface area (Å²) in [6, 6.07) is 1.94. The second kappa shape index (κ2) is 5.39. The van der Waals surface area contributed by atoms with Crippen molar-refractivity contribution in [3.63, 3.8) is 0 Å². The quantitative estimate of drug-likeness (QED) is 0.596. The monoisotopic (exact) mass is 317 g/mol. The number of nitrogens with two attached hydrogens (primary N) is 1. The van der Waals surface area contributed by atoms with E-state index in [1.165, 1.54) is 0 Å². The summed E-state index contributed by atoms with van der Waals surface area (Å²) >= 11 is 4.97. The first-order chi connectivity index (χ1) is 8.20. The van der Waals surface area contributed by atoms with Crippen LogP contribution in [0.4, 0.5) is 16.2 Å². The maximum atomic E-state index is 13.4. The fraction of sp³-hybridized carbons (Fsp3) is 0.111. The van der Waals surface area contributed by atoms with Gasteiger partial charge in [-0.15, -0.1) is 11.3 Å². The lowest BCUT2D eigenvalue weighted by Crippen LogP contribution is -2.12. The summed E-state index contributed by atoms with van der Waals surface area (Å²) in [5.41, 5.74) is 2.26. The second-order valence-corrected chi connectivity index (χ2v) is 4.93. The summed E-state index contributed by atoms with van der Waals surface area (Å²) in [5.74, 6) is 4.92. The Morgan fingerprint density at radius 2 is 2.35 bits per heavy atom. The summed E-state index contributed by atoms with van der Waals surface area (Å²) in [6.45, 7) is 0.482. The molecule has 2 aromatic heterocycles. The molecule has 0 fully saturated rings. The highest BCUT2D eigenvalue weighted by atomic mass is 79.9. The molecule has 0 radical (unpaired) electrons. The van der Waals surface area contributed by atoms with E-state index in [1.54, 1.807) is 11.3 Å².